The number of anilines is 1. The van der Waals surface area contributed by atoms with Crippen LogP contribution in [-0.2, 0) is 11.2 Å². The van der Waals surface area contributed by atoms with E-state index in [2.05, 4.69) is 54.5 Å². The third-order valence-electron chi connectivity index (χ3n) is 5.04. The summed E-state index contributed by atoms with van der Waals surface area (Å²) in [5.74, 6) is 1.01. The molecule has 0 bridgehead atoms. The molecule has 1 atom stereocenters. The van der Waals surface area contributed by atoms with Crippen molar-refractivity contribution in [3.63, 3.8) is 0 Å². The van der Waals surface area contributed by atoms with Crippen LogP contribution in [0.15, 0.2) is 65.1 Å². The largest absolute Gasteiger partial charge is 0.353 e. The summed E-state index contributed by atoms with van der Waals surface area (Å²) in [4.78, 5) is 14.7. The van der Waals surface area contributed by atoms with E-state index in [9.17, 15) is 4.79 Å². The van der Waals surface area contributed by atoms with Gasteiger partial charge in [0, 0.05) is 29.7 Å². The van der Waals surface area contributed by atoms with Gasteiger partial charge in [-0.2, -0.15) is 5.10 Å². The number of benzene rings is 2. The van der Waals surface area contributed by atoms with Crippen LogP contribution < -0.4 is 10.2 Å². The number of carbonyl (C=O) groups excluding carboxylic acids is 1. The lowest BCUT2D eigenvalue weighted by Crippen LogP contribution is -2.48. The number of aromatic nitrogens is 2. The molecule has 0 aliphatic carbocycles. The minimum atomic E-state index is 0.0705. The second-order valence-corrected chi connectivity index (χ2v) is 8.08. The van der Waals surface area contributed by atoms with E-state index in [1.54, 1.807) is 0 Å². The van der Waals surface area contributed by atoms with Gasteiger partial charge in [0.2, 0.25) is 5.91 Å². The predicted octanol–water partition coefficient (Wildman–Crippen LogP) is 4.17. The highest BCUT2D eigenvalue weighted by atomic mass is 79.9. The van der Waals surface area contributed by atoms with Crippen LogP contribution in [0.4, 0.5) is 5.82 Å². The van der Waals surface area contributed by atoms with E-state index >= 15 is 0 Å². The van der Waals surface area contributed by atoms with Gasteiger partial charge in [-0.3, -0.25) is 9.89 Å². The topological polar surface area (TPSA) is 61.0 Å². The van der Waals surface area contributed by atoms with Crippen molar-refractivity contribution in [2.24, 2.45) is 0 Å². The van der Waals surface area contributed by atoms with Gasteiger partial charge in [0.1, 0.15) is 0 Å². The molecule has 1 unspecified atom stereocenters. The van der Waals surface area contributed by atoms with E-state index < -0.39 is 0 Å². The Kier molecular flexibility index (Phi) is 5.76. The lowest BCUT2D eigenvalue weighted by Gasteiger charge is -2.33. The first kappa shape index (κ1) is 18.7. The first-order valence-corrected chi connectivity index (χ1v) is 10.4. The van der Waals surface area contributed by atoms with Crippen molar-refractivity contribution in [2.75, 3.05) is 18.0 Å². The molecule has 1 amide bonds. The van der Waals surface area contributed by atoms with Crippen molar-refractivity contribution in [3.8, 4) is 11.3 Å². The zero-order valence-electron chi connectivity index (χ0n) is 15.6. The molecule has 5 nitrogen and oxygen atoms in total. The molecule has 3 aromatic rings. The molecule has 0 saturated carbocycles. The zero-order chi connectivity index (χ0) is 19.3. The molecular weight excluding hydrogens is 416 g/mol. The van der Waals surface area contributed by atoms with E-state index in [4.69, 9.17) is 0 Å². The maximum absolute atomic E-state index is 12.4. The van der Waals surface area contributed by atoms with Crippen LogP contribution in [0.1, 0.15) is 18.4 Å². The van der Waals surface area contributed by atoms with Gasteiger partial charge in [0.15, 0.2) is 5.82 Å². The Bertz CT molecular complexity index is 923. The lowest BCUT2D eigenvalue weighted by atomic mass is 10.0. The standard InChI is InChI=1S/C22H23BrN4O/c23-18-10-8-16(9-11-18)13-22(28)24-19-7-4-12-27(15-19)21-14-20(25-26-21)17-5-2-1-3-6-17/h1-3,5-6,8-11,14,19H,4,7,12-13,15H2,(H,24,28)(H,25,26). The van der Waals surface area contributed by atoms with E-state index in [0.717, 1.165) is 53.0 Å². The number of amides is 1. The number of hydrogen-bond donors (Lipinski definition) is 2. The van der Waals surface area contributed by atoms with Crippen molar-refractivity contribution in [1.29, 1.82) is 0 Å². The van der Waals surface area contributed by atoms with Gasteiger partial charge in [0.05, 0.1) is 12.1 Å². The Morgan fingerprint density at radius 3 is 2.75 bits per heavy atom. The normalized spacial score (nSPS) is 16.8. The summed E-state index contributed by atoms with van der Waals surface area (Å²) in [5.41, 5.74) is 3.16. The monoisotopic (exact) mass is 438 g/mol. The number of rotatable bonds is 5. The highest BCUT2D eigenvalue weighted by Gasteiger charge is 2.23. The number of nitrogens with zero attached hydrogens (tertiary/aromatic N) is 2. The smallest absolute Gasteiger partial charge is 0.224 e. The molecule has 1 saturated heterocycles. The van der Waals surface area contributed by atoms with Crippen molar-refractivity contribution in [2.45, 2.75) is 25.3 Å². The van der Waals surface area contributed by atoms with Gasteiger partial charge in [-0.1, -0.05) is 58.4 Å². The first-order chi connectivity index (χ1) is 13.7. The van der Waals surface area contributed by atoms with Crippen LogP contribution in [0.5, 0.6) is 0 Å². The molecule has 6 heteroatoms. The van der Waals surface area contributed by atoms with Gasteiger partial charge < -0.3 is 10.2 Å². The molecule has 144 valence electrons. The average molecular weight is 439 g/mol. The summed E-state index contributed by atoms with van der Waals surface area (Å²) in [6.45, 7) is 1.74. The summed E-state index contributed by atoms with van der Waals surface area (Å²) < 4.78 is 1.02. The summed E-state index contributed by atoms with van der Waals surface area (Å²) in [5, 5.41) is 10.8. The van der Waals surface area contributed by atoms with E-state index in [1.807, 2.05) is 42.5 Å². The Labute approximate surface area is 173 Å². The van der Waals surface area contributed by atoms with E-state index in [1.165, 1.54) is 0 Å². The summed E-state index contributed by atoms with van der Waals surface area (Å²) >= 11 is 3.42. The Morgan fingerprint density at radius 1 is 1.18 bits per heavy atom. The predicted molar refractivity (Wildman–Crippen MR) is 115 cm³/mol. The summed E-state index contributed by atoms with van der Waals surface area (Å²) in [6.07, 6.45) is 2.44. The van der Waals surface area contributed by atoms with Gasteiger partial charge in [-0.15, -0.1) is 0 Å². The molecule has 2 aromatic carbocycles. The number of aromatic amines is 1. The minimum absolute atomic E-state index is 0.0705. The number of hydrogen-bond acceptors (Lipinski definition) is 3. The number of H-pyrrole nitrogens is 1. The number of nitrogens with one attached hydrogen (secondary N) is 2. The Hall–Kier alpha value is -2.60. The molecule has 0 radical (unpaired) electrons. The third-order valence-corrected chi connectivity index (χ3v) is 5.57. The van der Waals surface area contributed by atoms with Crippen LogP contribution in [-0.4, -0.2) is 35.2 Å². The third kappa shape index (κ3) is 4.62. The second kappa shape index (κ2) is 8.61. The molecule has 1 aliphatic heterocycles. The van der Waals surface area contributed by atoms with Crippen LogP contribution in [0.3, 0.4) is 0 Å². The number of carbonyl (C=O) groups is 1. The molecule has 1 fully saturated rings. The van der Waals surface area contributed by atoms with Crippen LogP contribution in [0, 0.1) is 0 Å². The summed E-state index contributed by atoms with van der Waals surface area (Å²) in [7, 11) is 0. The number of piperidine rings is 1. The van der Waals surface area contributed by atoms with Crippen molar-refractivity contribution in [1.82, 2.24) is 15.5 Å². The van der Waals surface area contributed by atoms with Crippen LogP contribution in [0.25, 0.3) is 11.3 Å². The molecule has 2 heterocycles. The van der Waals surface area contributed by atoms with Gasteiger partial charge in [-0.05, 0) is 36.1 Å². The zero-order valence-corrected chi connectivity index (χ0v) is 17.2. The quantitative estimate of drug-likeness (QED) is 0.628. The first-order valence-electron chi connectivity index (χ1n) is 9.57. The summed E-state index contributed by atoms with van der Waals surface area (Å²) in [6, 6.07) is 20.3. The second-order valence-electron chi connectivity index (χ2n) is 7.16. The molecule has 1 aliphatic rings. The van der Waals surface area contributed by atoms with Gasteiger partial charge in [0.25, 0.3) is 0 Å². The van der Waals surface area contributed by atoms with Gasteiger partial charge in [-0.25, -0.2) is 0 Å². The molecule has 2 N–H and O–H groups in total. The van der Waals surface area contributed by atoms with Crippen LogP contribution in [0.2, 0.25) is 0 Å². The van der Waals surface area contributed by atoms with Crippen molar-refractivity contribution < 1.29 is 4.79 Å². The fourth-order valence-electron chi connectivity index (χ4n) is 3.61. The van der Waals surface area contributed by atoms with Gasteiger partial charge >= 0.3 is 0 Å². The molecular formula is C22H23BrN4O. The van der Waals surface area contributed by atoms with Crippen molar-refractivity contribution in [3.05, 3.63) is 70.7 Å². The molecule has 28 heavy (non-hydrogen) atoms. The fraction of sp³-hybridized carbons (Fsp3) is 0.273. The Morgan fingerprint density at radius 2 is 1.96 bits per heavy atom. The maximum Gasteiger partial charge on any atom is 0.224 e. The van der Waals surface area contributed by atoms with E-state index in [-0.39, 0.29) is 11.9 Å². The minimum Gasteiger partial charge on any atom is -0.353 e. The Balaban J connectivity index is 1.36. The highest BCUT2D eigenvalue weighted by Crippen LogP contribution is 2.24. The van der Waals surface area contributed by atoms with E-state index in [0.29, 0.717) is 6.42 Å². The number of halogens is 1. The maximum atomic E-state index is 12.4. The average Bonchev–Trinajstić information content (AvgIpc) is 3.21. The SMILES string of the molecule is O=C(Cc1ccc(Br)cc1)NC1CCCN(c2cc(-c3ccccc3)[nH]n2)C1. The molecule has 0 spiro atoms. The highest BCUT2D eigenvalue weighted by molar-refractivity contribution is 9.10. The van der Waals surface area contributed by atoms with Crippen molar-refractivity contribution >= 4 is 27.7 Å². The van der Waals surface area contributed by atoms with Crippen LogP contribution >= 0.6 is 15.9 Å². The molecule has 1 aromatic heterocycles. The molecule has 4 rings (SSSR count). The lowest BCUT2D eigenvalue weighted by molar-refractivity contribution is -0.121. The fourth-order valence-corrected chi connectivity index (χ4v) is 3.87.